The first-order valence-electron chi connectivity index (χ1n) is 10.9. The van der Waals surface area contributed by atoms with Gasteiger partial charge in [0.2, 0.25) is 0 Å². The molecule has 4 rings (SSSR count). The summed E-state index contributed by atoms with van der Waals surface area (Å²) in [6.07, 6.45) is 8.36. The number of nitrogens with one attached hydrogen (secondary N) is 1. The Morgan fingerprint density at radius 1 is 1.26 bits per heavy atom. The molecule has 1 N–H and O–H groups in total. The van der Waals surface area contributed by atoms with Crippen molar-refractivity contribution in [2.75, 3.05) is 25.2 Å². The fourth-order valence-electron chi connectivity index (χ4n) is 4.29. The van der Waals surface area contributed by atoms with Crippen molar-refractivity contribution < 1.29 is 17.9 Å². The molecule has 2 heterocycles. The summed E-state index contributed by atoms with van der Waals surface area (Å²) in [6.45, 7) is 0.577. The van der Waals surface area contributed by atoms with E-state index in [4.69, 9.17) is 4.74 Å². The van der Waals surface area contributed by atoms with E-state index < -0.39 is 9.84 Å². The maximum Gasteiger partial charge on any atom is 0.271 e. The molecule has 0 saturated carbocycles. The molecule has 1 unspecified atom stereocenters. The minimum Gasteiger partial charge on any atom is -0.497 e. The highest BCUT2D eigenvalue weighted by Gasteiger charge is 2.32. The Hall–Kier alpha value is -2.61. The highest BCUT2D eigenvalue weighted by atomic mass is 32.2. The third-order valence-electron chi connectivity index (χ3n) is 6.03. The maximum atomic E-state index is 12.8. The third-order valence-corrected chi connectivity index (χ3v) is 7.78. The van der Waals surface area contributed by atoms with Crippen LogP contribution in [-0.4, -0.2) is 49.3 Å². The average Bonchev–Trinajstić information content (AvgIpc) is 3.38. The summed E-state index contributed by atoms with van der Waals surface area (Å²) in [5.74, 6) is 0.697. The Morgan fingerprint density at radius 3 is 2.71 bits per heavy atom. The quantitative estimate of drug-likeness (QED) is 0.661. The molecule has 1 aromatic carbocycles. The van der Waals surface area contributed by atoms with Gasteiger partial charge in [0.1, 0.15) is 5.75 Å². The van der Waals surface area contributed by atoms with Gasteiger partial charge in [0.05, 0.1) is 30.4 Å². The molecule has 1 fully saturated rings. The van der Waals surface area contributed by atoms with E-state index >= 15 is 0 Å². The summed E-state index contributed by atoms with van der Waals surface area (Å²) >= 11 is 0. The molecule has 0 radical (unpaired) electrons. The van der Waals surface area contributed by atoms with Gasteiger partial charge in [0.25, 0.3) is 5.91 Å². The largest absolute Gasteiger partial charge is 0.497 e. The van der Waals surface area contributed by atoms with Crippen LogP contribution in [0.4, 0.5) is 0 Å². The second-order valence-corrected chi connectivity index (χ2v) is 10.5. The lowest BCUT2D eigenvalue weighted by Gasteiger charge is -2.13. The van der Waals surface area contributed by atoms with Crippen LogP contribution in [0.1, 0.15) is 55.1 Å². The van der Waals surface area contributed by atoms with Crippen LogP contribution in [-0.2, 0) is 9.84 Å². The minimum atomic E-state index is -3.08. The van der Waals surface area contributed by atoms with Gasteiger partial charge in [0.15, 0.2) is 15.5 Å². The number of hydrogen-bond acceptors (Lipinski definition) is 5. The Balaban J connectivity index is 1.54. The predicted molar refractivity (Wildman–Crippen MR) is 120 cm³/mol. The Bertz CT molecular complexity index is 1070. The molecule has 166 valence electrons. The number of sulfone groups is 1. The number of amides is 1. The van der Waals surface area contributed by atoms with Gasteiger partial charge < -0.3 is 10.1 Å². The first-order valence-corrected chi connectivity index (χ1v) is 12.7. The van der Waals surface area contributed by atoms with Crippen LogP contribution < -0.4 is 10.1 Å². The number of hydrogen-bond donors (Lipinski definition) is 1. The molecule has 2 aromatic rings. The van der Waals surface area contributed by atoms with E-state index in [9.17, 15) is 13.2 Å². The number of ether oxygens (including phenoxy) is 1. The molecule has 1 atom stereocenters. The van der Waals surface area contributed by atoms with Crippen molar-refractivity contribution in [3.05, 3.63) is 47.7 Å². The molecule has 1 aliphatic heterocycles. The third kappa shape index (κ3) is 5.18. The predicted octanol–water partition coefficient (Wildman–Crippen LogP) is 3.54. The molecular weight excluding hydrogens is 414 g/mol. The van der Waals surface area contributed by atoms with Crippen LogP contribution >= 0.6 is 0 Å². The second-order valence-electron chi connectivity index (χ2n) is 8.26. The number of benzene rings is 1. The van der Waals surface area contributed by atoms with Crippen LogP contribution in [0, 0.1) is 0 Å². The van der Waals surface area contributed by atoms with Crippen LogP contribution in [0.25, 0.3) is 11.3 Å². The lowest BCUT2D eigenvalue weighted by molar-refractivity contribution is 0.0948. The van der Waals surface area contributed by atoms with E-state index in [0.29, 0.717) is 18.7 Å². The monoisotopic (exact) mass is 443 g/mol. The first kappa shape index (κ1) is 21.6. The molecule has 1 aromatic heterocycles. The smallest absolute Gasteiger partial charge is 0.271 e. The van der Waals surface area contributed by atoms with Gasteiger partial charge in [-0.3, -0.25) is 9.48 Å². The van der Waals surface area contributed by atoms with Crippen LogP contribution in [0.15, 0.2) is 42.0 Å². The highest BCUT2D eigenvalue weighted by molar-refractivity contribution is 7.91. The number of allylic oxidation sites excluding steroid dienone is 1. The van der Waals surface area contributed by atoms with Crippen LogP contribution in [0.3, 0.4) is 0 Å². The maximum absolute atomic E-state index is 12.8. The lowest BCUT2D eigenvalue weighted by Crippen LogP contribution is -2.25. The van der Waals surface area contributed by atoms with E-state index in [1.807, 2.05) is 24.3 Å². The van der Waals surface area contributed by atoms with Gasteiger partial charge in [-0.2, -0.15) is 5.10 Å². The number of carbonyl (C=O) groups excluding carboxylic acids is 1. The SMILES string of the molecule is COc1ccc(-c2cc(C(=O)NCCC3=CCCCC3)nn2C2CCS(=O)(=O)C2)cc1. The normalized spacial score (nSPS) is 20.3. The van der Waals surface area contributed by atoms with Crippen molar-refractivity contribution in [1.29, 1.82) is 0 Å². The fraction of sp³-hybridized carbons (Fsp3) is 0.478. The Morgan fingerprint density at radius 2 is 2.06 bits per heavy atom. The number of aromatic nitrogens is 2. The topological polar surface area (TPSA) is 90.3 Å². The van der Waals surface area contributed by atoms with E-state index in [0.717, 1.165) is 36.3 Å². The number of methoxy groups -OCH3 is 1. The van der Waals surface area contributed by atoms with E-state index in [-0.39, 0.29) is 23.5 Å². The van der Waals surface area contributed by atoms with E-state index in [1.54, 1.807) is 17.9 Å². The summed E-state index contributed by atoms with van der Waals surface area (Å²) in [5.41, 5.74) is 3.33. The molecule has 0 spiro atoms. The van der Waals surface area contributed by atoms with Gasteiger partial charge in [-0.05, 0) is 68.9 Å². The number of nitrogens with zero attached hydrogens (tertiary/aromatic N) is 2. The summed E-state index contributed by atoms with van der Waals surface area (Å²) in [4.78, 5) is 12.8. The summed E-state index contributed by atoms with van der Waals surface area (Å²) < 4.78 is 31.0. The highest BCUT2D eigenvalue weighted by Crippen LogP contribution is 2.31. The zero-order chi connectivity index (χ0) is 21.8. The van der Waals surface area contributed by atoms with Gasteiger partial charge >= 0.3 is 0 Å². The van der Waals surface area contributed by atoms with Gasteiger partial charge in [-0.1, -0.05) is 11.6 Å². The van der Waals surface area contributed by atoms with Crippen molar-refractivity contribution >= 4 is 15.7 Å². The zero-order valence-corrected chi connectivity index (χ0v) is 18.7. The number of carbonyl (C=O) groups is 1. The van der Waals surface area contributed by atoms with Crippen LogP contribution in [0.5, 0.6) is 5.75 Å². The minimum absolute atomic E-state index is 0.0487. The number of rotatable bonds is 7. The fourth-order valence-corrected chi connectivity index (χ4v) is 5.98. The van der Waals surface area contributed by atoms with E-state index in [2.05, 4.69) is 16.5 Å². The Kier molecular flexibility index (Phi) is 6.46. The molecule has 1 aliphatic carbocycles. The zero-order valence-electron chi connectivity index (χ0n) is 17.8. The first-order chi connectivity index (χ1) is 14.9. The van der Waals surface area contributed by atoms with Gasteiger partial charge in [-0.15, -0.1) is 0 Å². The van der Waals surface area contributed by atoms with Crippen molar-refractivity contribution in [3.8, 4) is 17.0 Å². The molecule has 7 nitrogen and oxygen atoms in total. The molecular formula is C23H29N3O4S. The molecule has 1 saturated heterocycles. The average molecular weight is 444 g/mol. The molecule has 8 heteroatoms. The van der Waals surface area contributed by atoms with Crippen molar-refractivity contribution in [3.63, 3.8) is 0 Å². The molecule has 31 heavy (non-hydrogen) atoms. The Labute approximate surface area is 183 Å². The van der Waals surface area contributed by atoms with Crippen LogP contribution in [0.2, 0.25) is 0 Å². The second kappa shape index (κ2) is 9.26. The standard InChI is InChI=1S/C23H29N3O4S/c1-30-20-9-7-18(8-10-20)22-15-21(25-26(22)19-12-14-31(28,29)16-19)23(27)24-13-11-17-5-3-2-4-6-17/h5,7-10,15,19H,2-4,6,11-14,16H2,1H3,(H,24,27). The summed E-state index contributed by atoms with van der Waals surface area (Å²) in [5, 5.41) is 7.51. The van der Waals surface area contributed by atoms with Crippen molar-refractivity contribution in [2.45, 2.75) is 44.6 Å². The molecule has 0 bridgehead atoms. The van der Waals surface area contributed by atoms with Gasteiger partial charge in [-0.25, -0.2) is 8.42 Å². The summed E-state index contributed by atoms with van der Waals surface area (Å²) in [7, 11) is -1.47. The van der Waals surface area contributed by atoms with Crippen molar-refractivity contribution in [2.24, 2.45) is 0 Å². The van der Waals surface area contributed by atoms with Gasteiger partial charge in [0, 0.05) is 12.1 Å². The van der Waals surface area contributed by atoms with E-state index in [1.165, 1.54) is 18.4 Å². The molecule has 2 aliphatic rings. The summed E-state index contributed by atoms with van der Waals surface area (Å²) in [6, 6.07) is 8.96. The van der Waals surface area contributed by atoms with Crippen molar-refractivity contribution in [1.82, 2.24) is 15.1 Å². The molecule has 1 amide bonds. The lowest BCUT2D eigenvalue weighted by atomic mass is 9.97.